The zero-order valence-electron chi connectivity index (χ0n) is 22.5. The van der Waals surface area contributed by atoms with Crippen molar-refractivity contribution in [2.24, 2.45) is 0 Å². The van der Waals surface area contributed by atoms with Crippen LogP contribution < -0.4 is 10.6 Å². The third kappa shape index (κ3) is 7.27. The highest BCUT2D eigenvalue weighted by molar-refractivity contribution is 7.17. The zero-order valence-corrected chi connectivity index (χ0v) is 23.3. The Morgan fingerprint density at radius 3 is 2.46 bits per heavy atom. The first-order valence-electron chi connectivity index (χ1n) is 13.5. The van der Waals surface area contributed by atoms with Gasteiger partial charge in [0.1, 0.15) is 11.5 Å². The van der Waals surface area contributed by atoms with Crippen molar-refractivity contribution in [1.82, 2.24) is 20.2 Å². The van der Waals surface area contributed by atoms with E-state index in [1.807, 2.05) is 6.92 Å². The molecule has 3 N–H and O–H groups in total. The van der Waals surface area contributed by atoms with E-state index in [1.165, 1.54) is 13.8 Å². The number of halogens is 3. The van der Waals surface area contributed by atoms with Gasteiger partial charge in [-0.15, -0.1) is 11.3 Å². The van der Waals surface area contributed by atoms with Crippen LogP contribution in [0, 0.1) is 0 Å². The molecule has 0 radical (unpaired) electrons. The molecular formula is C27H36F3N5O3S. The Labute approximate surface area is 230 Å². The van der Waals surface area contributed by atoms with E-state index in [2.05, 4.69) is 20.6 Å². The lowest BCUT2D eigenvalue weighted by atomic mass is 9.95. The molecule has 8 nitrogen and oxygen atoms in total. The second-order valence-corrected chi connectivity index (χ2v) is 12.1. The minimum atomic E-state index is -4.73. The summed E-state index contributed by atoms with van der Waals surface area (Å²) in [5, 5.41) is 15.5. The molecule has 39 heavy (non-hydrogen) atoms. The van der Waals surface area contributed by atoms with Crippen LogP contribution in [0.4, 0.5) is 19.0 Å². The molecule has 2 aromatic rings. The van der Waals surface area contributed by atoms with Crippen LogP contribution in [-0.4, -0.2) is 62.6 Å². The minimum absolute atomic E-state index is 0.0461. The van der Waals surface area contributed by atoms with E-state index in [0.29, 0.717) is 6.54 Å². The van der Waals surface area contributed by atoms with Gasteiger partial charge >= 0.3 is 6.18 Å². The topological polar surface area (TPSA) is 107 Å². The minimum Gasteiger partial charge on any atom is -0.389 e. The van der Waals surface area contributed by atoms with Crippen molar-refractivity contribution in [3.63, 3.8) is 0 Å². The molecule has 1 saturated heterocycles. The first-order valence-corrected chi connectivity index (χ1v) is 14.3. The second-order valence-electron chi connectivity index (χ2n) is 11.1. The smallest absolute Gasteiger partial charge is 0.389 e. The molecule has 4 rings (SSSR count). The van der Waals surface area contributed by atoms with Gasteiger partial charge < -0.3 is 20.6 Å². The number of likely N-dealkylation sites (tertiary alicyclic amines) is 1. The Bertz CT molecular complexity index is 1190. The number of alkyl halides is 3. The summed E-state index contributed by atoms with van der Waals surface area (Å²) in [6, 6.07) is 0.941. The molecule has 1 saturated carbocycles. The lowest BCUT2D eigenvalue weighted by Gasteiger charge is -2.33. The molecular weight excluding hydrogens is 531 g/mol. The monoisotopic (exact) mass is 567 g/mol. The summed E-state index contributed by atoms with van der Waals surface area (Å²) in [4.78, 5) is 36.6. The van der Waals surface area contributed by atoms with Crippen LogP contribution in [0.15, 0.2) is 12.3 Å². The van der Waals surface area contributed by atoms with E-state index in [1.54, 1.807) is 4.90 Å². The molecule has 1 atom stereocenters. The van der Waals surface area contributed by atoms with Gasteiger partial charge in [-0.1, -0.05) is 19.3 Å². The van der Waals surface area contributed by atoms with E-state index in [-0.39, 0.29) is 45.6 Å². The number of carbonyl (C=O) groups excluding carboxylic acids is 2. The third-order valence-electron chi connectivity index (χ3n) is 7.18. The molecule has 0 bridgehead atoms. The summed E-state index contributed by atoms with van der Waals surface area (Å²) in [6.45, 7) is 5.29. The molecule has 12 heteroatoms. The molecule has 3 heterocycles. The predicted molar refractivity (Wildman–Crippen MR) is 144 cm³/mol. The number of hydrogen-bond acceptors (Lipinski definition) is 7. The molecule has 1 aliphatic heterocycles. The zero-order chi connectivity index (χ0) is 28.4. The van der Waals surface area contributed by atoms with E-state index in [9.17, 15) is 27.9 Å². The summed E-state index contributed by atoms with van der Waals surface area (Å²) >= 11 is 0.724. The molecule has 0 spiro atoms. The van der Waals surface area contributed by atoms with Crippen LogP contribution >= 0.6 is 11.3 Å². The SMILES string of the molecule is CC1CCCCN1C(=O)c1nc(C(=O)NCC(C)(C)O)sc1-c1cnc(NC2CCCCC2)cc1C(F)(F)F. The van der Waals surface area contributed by atoms with Crippen LogP contribution in [0.5, 0.6) is 0 Å². The number of nitrogens with one attached hydrogen (secondary N) is 2. The quantitative estimate of drug-likeness (QED) is 0.409. The maximum absolute atomic E-state index is 14.4. The maximum Gasteiger partial charge on any atom is 0.417 e. The number of pyridine rings is 1. The summed E-state index contributed by atoms with van der Waals surface area (Å²) in [5.74, 6) is -1.05. The normalized spacial score (nSPS) is 19.2. The fourth-order valence-corrected chi connectivity index (χ4v) is 6.06. The van der Waals surface area contributed by atoms with Gasteiger partial charge in [-0.2, -0.15) is 13.2 Å². The third-order valence-corrected chi connectivity index (χ3v) is 8.27. The van der Waals surface area contributed by atoms with Crippen molar-refractivity contribution in [2.45, 2.75) is 96.0 Å². The highest BCUT2D eigenvalue weighted by Gasteiger charge is 2.38. The number of hydrogen-bond donors (Lipinski definition) is 3. The Hall–Kier alpha value is -2.73. The summed E-state index contributed by atoms with van der Waals surface area (Å²) < 4.78 is 43.2. The highest BCUT2D eigenvalue weighted by Crippen LogP contribution is 2.42. The van der Waals surface area contributed by atoms with Gasteiger partial charge in [0.15, 0.2) is 5.01 Å². The lowest BCUT2D eigenvalue weighted by molar-refractivity contribution is -0.137. The van der Waals surface area contributed by atoms with Gasteiger partial charge in [0, 0.05) is 36.9 Å². The first kappa shape index (κ1) is 29.3. The second kappa shape index (κ2) is 11.8. The van der Waals surface area contributed by atoms with Crippen molar-refractivity contribution in [1.29, 1.82) is 0 Å². The fraction of sp³-hybridized carbons (Fsp3) is 0.630. The standard InChI is InChI=1S/C27H36F3N5O3S/c1-16-9-7-8-12-35(16)25(37)21-22(39-24(34-21)23(36)32-15-26(2,3)38)18-14-31-20(13-19(18)27(28,29)30)33-17-10-5-4-6-11-17/h13-14,16-17,38H,4-12,15H2,1-3H3,(H,31,33)(H,32,36). The average Bonchev–Trinajstić information content (AvgIpc) is 3.32. The molecule has 2 amide bonds. The highest BCUT2D eigenvalue weighted by atomic mass is 32.1. The Morgan fingerprint density at radius 1 is 1.13 bits per heavy atom. The Morgan fingerprint density at radius 2 is 1.82 bits per heavy atom. The van der Waals surface area contributed by atoms with E-state index >= 15 is 0 Å². The number of piperidine rings is 1. The van der Waals surface area contributed by atoms with Crippen molar-refractivity contribution in [3.8, 4) is 10.4 Å². The number of aromatic nitrogens is 2. The van der Waals surface area contributed by atoms with Crippen LogP contribution in [0.3, 0.4) is 0 Å². The molecule has 2 fully saturated rings. The summed E-state index contributed by atoms with van der Waals surface area (Å²) in [5.41, 5.74) is -2.62. The van der Waals surface area contributed by atoms with E-state index < -0.39 is 29.2 Å². The van der Waals surface area contributed by atoms with Gasteiger partial charge in [-0.25, -0.2) is 9.97 Å². The number of rotatable bonds is 7. The molecule has 214 valence electrons. The van der Waals surface area contributed by atoms with Gasteiger partial charge in [0.2, 0.25) is 0 Å². The summed E-state index contributed by atoms with van der Waals surface area (Å²) in [6.07, 6.45) is 3.79. The molecule has 1 aliphatic carbocycles. The van der Waals surface area contributed by atoms with Crippen LogP contribution in [-0.2, 0) is 6.18 Å². The van der Waals surface area contributed by atoms with Crippen molar-refractivity contribution in [3.05, 3.63) is 28.5 Å². The average molecular weight is 568 g/mol. The van der Waals surface area contributed by atoms with Gasteiger partial charge in [-0.05, 0) is 58.9 Å². The first-order chi connectivity index (χ1) is 18.3. The largest absolute Gasteiger partial charge is 0.417 e. The van der Waals surface area contributed by atoms with Crippen molar-refractivity contribution >= 4 is 29.0 Å². The molecule has 1 unspecified atom stereocenters. The van der Waals surface area contributed by atoms with Gasteiger partial charge in [0.25, 0.3) is 11.8 Å². The number of thiazole rings is 1. The number of carbonyl (C=O) groups is 2. The Balaban J connectivity index is 1.76. The van der Waals surface area contributed by atoms with E-state index in [4.69, 9.17) is 0 Å². The number of amides is 2. The van der Waals surface area contributed by atoms with Crippen molar-refractivity contribution in [2.75, 3.05) is 18.4 Å². The van der Waals surface area contributed by atoms with Gasteiger partial charge in [-0.3, -0.25) is 9.59 Å². The molecule has 0 aromatic carbocycles. The Kier molecular flexibility index (Phi) is 8.85. The number of nitrogens with zero attached hydrogens (tertiary/aromatic N) is 3. The summed E-state index contributed by atoms with van der Waals surface area (Å²) in [7, 11) is 0. The number of aliphatic hydroxyl groups is 1. The van der Waals surface area contributed by atoms with Gasteiger partial charge in [0.05, 0.1) is 16.0 Å². The molecule has 2 aromatic heterocycles. The molecule has 2 aliphatic rings. The fourth-order valence-electron chi connectivity index (χ4n) is 5.06. The van der Waals surface area contributed by atoms with E-state index in [0.717, 1.165) is 75.0 Å². The van der Waals surface area contributed by atoms with Crippen LogP contribution in [0.25, 0.3) is 10.4 Å². The van der Waals surface area contributed by atoms with Crippen LogP contribution in [0.1, 0.15) is 98.0 Å². The van der Waals surface area contributed by atoms with Crippen molar-refractivity contribution < 1.29 is 27.9 Å². The lowest BCUT2D eigenvalue weighted by Crippen LogP contribution is -2.42. The van der Waals surface area contributed by atoms with Crippen LogP contribution in [0.2, 0.25) is 0 Å². The predicted octanol–water partition coefficient (Wildman–Crippen LogP) is 5.48. The number of anilines is 1. The maximum atomic E-state index is 14.4.